The van der Waals surface area contributed by atoms with Crippen LogP contribution < -0.4 is 0 Å². The van der Waals surface area contributed by atoms with E-state index in [1.165, 1.54) is 55.1 Å². The van der Waals surface area contributed by atoms with Crippen molar-refractivity contribution >= 4 is 23.5 Å². The molecule has 0 saturated heterocycles. The molecule has 0 bridgehead atoms. The molecule has 0 aliphatic rings. The third kappa shape index (κ3) is 12.7. The van der Waals surface area contributed by atoms with Crippen LogP contribution >= 0.6 is 23.5 Å². The van der Waals surface area contributed by atoms with Gasteiger partial charge in [-0.3, -0.25) is 0 Å². The molecule has 13 heavy (non-hydrogen) atoms. The first-order valence-corrected chi connectivity index (χ1v) is 7.88. The molecule has 2 heteroatoms. The molecule has 0 unspecified atom stereocenters. The van der Waals surface area contributed by atoms with Crippen LogP contribution in [0.2, 0.25) is 0 Å². The van der Waals surface area contributed by atoms with Crippen LogP contribution in [-0.4, -0.2) is 23.0 Å². The molecule has 0 aliphatic heterocycles. The monoisotopic (exact) mass is 220 g/mol. The van der Waals surface area contributed by atoms with Gasteiger partial charge in [0.25, 0.3) is 0 Å². The van der Waals surface area contributed by atoms with Gasteiger partial charge in [0.15, 0.2) is 0 Å². The van der Waals surface area contributed by atoms with Gasteiger partial charge in [-0.25, -0.2) is 0 Å². The van der Waals surface area contributed by atoms with Crippen molar-refractivity contribution in [1.82, 2.24) is 0 Å². The number of hydrogen-bond acceptors (Lipinski definition) is 2. The van der Waals surface area contributed by atoms with Crippen molar-refractivity contribution in [3.63, 3.8) is 0 Å². The van der Waals surface area contributed by atoms with Gasteiger partial charge in [0.2, 0.25) is 0 Å². The molecule has 0 rings (SSSR count). The zero-order valence-electron chi connectivity index (χ0n) is 9.18. The van der Waals surface area contributed by atoms with E-state index in [4.69, 9.17) is 0 Å². The highest BCUT2D eigenvalue weighted by Gasteiger charge is 1.91. The van der Waals surface area contributed by atoms with Gasteiger partial charge >= 0.3 is 0 Å². The van der Waals surface area contributed by atoms with E-state index >= 15 is 0 Å². The van der Waals surface area contributed by atoms with Gasteiger partial charge in [0, 0.05) is 0 Å². The molecule has 0 aromatic rings. The van der Waals surface area contributed by atoms with E-state index in [-0.39, 0.29) is 0 Å². The van der Waals surface area contributed by atoms with Crippen LogP contribution in [-0.2, 0) is 0 Å². The van der Waals surface area contributed by atoms with Crippen LogP contribution in [0.5, 0.6) is 0 Å². The highest BCUT2D eigenvalue weighted by molar-refractivity contribution is 7.99. The molecule has 0 aliphatic carbocycles. The van der Waals surface area contributed by atoms with Crippen molar-refractivity contribution in [2.75, 3.05) is 23.0 Å². The molecule has 0 saturated carbocycles. The van der Waals surface area contributed by atoms with Crippen molar-refractivity contribution in [2.24, 2.45) is 0 Å². The summed E-state index contributed by atoms with van der Waals surface area (Å²) in [6.45, 7) is 4.52. The van der Waals surface area contributed by atoms with E-state index in [1.807, 2.05) is 0 Å². The van der Waals surface area contributed by atoms with Gasteiger partial charge in [0.1, 0.15) is 0 Å². The maximum atomic E-state index is 2.26. The van der Waals surface area contributed by atoms with E-state index in [0.717, 1.165) is 0 Å². The second-order valence-electron chi connectivity index (χ2n) is 3.29. The minimum Gasteiger partial charge on any atom is -0.162 e. The molecule has 0 radical (unpaired) electrons. The lowest BCUT2D eigenvalue weighted by molar-refractivity contribution is 0.785. The first-order chi connectivity index (χ1) is 6.41. The van der Waals surface area contributed by atoms with Crippen molar-refractivity contribution in [1.29, 1.82) is 0 Å². The zero-order chi connectivity index (χ0) is 9.78. The van der Waals surface area contributed by atoms with Crippen molar-refractivity contribution in [3.05, 3.63) is 0 Å². The normalized spacial score (nSPS) is 10.6. The zero-order valence-corrected chi connectivity index (χ0v) is 10.8. The Balaban J connectivity index is 2.76. The first-order valence-electron chi connectivity index (χ1n) is 5.57. The molecule has 0 spiro atoms. The van der Waals surface area contributed by atoms with E-state index in [2.05, 4.69) is 37.4 Å². The number of rotatable bonds is 10. The van der Waals surface area contributed by atoms with Crippen LogP contribution in [0.4, 0.5) is 0 Å². The Hall–Kier alpha value is 0.700. The first kappa shape index (κ1) is 13.7. The molecule has 0 atom stereocenters. The van der Waals surface area contributed by atoms with Crippen molar-refractivity contribution < 1.29 is 0 Å². The predicted octanol–water partition coefficient (Wildman–Crippen LogP) is 4.44. The Bertz CT molecular complexity index is 74.2. The summed E-state index contributed by atoms with van der Waals surface area (Å²) in [6.07, 6.45) is 6.95. The van der Waals surface area contributed by atoms with Gasteiger partial charge < -0.3 is 0 Å². The highest BCUT2D eigenvalue weighted by Crippen LogP contribution is 2.10. The number of hydrogen-bond donors (Lipinski definition) is 0. The van der Waals surface area contributed by atoms with Gasteiger partial charge in [-0.1, -0.05) is 20.3 Å². The molecular formula is C11H24S2. The largest absolute Gasteiger partial charge is 0.162 e. The van der Waals surface area contributed by atoms with Crippen molar-refractivity contribution in [3.8, 4) is 0 Å². The fourth-order valence-corrected chi connectivity index (χ4v) is 2.88. The van der Waals surface area contributed by atoms with Crippen LogP contribution in [0, 0.1) is 0 Å². The second kappa shape index (κ2) is 12.7. The van der Waals surface area contributed by atoms with E-state index in [9.17, 15) is 0 Å². The standard InChI is InChI=1S/C11H24S2/c1-3-8-12-10-6-5-7-11-13-9-4-2/h3-11H2,1-2H3. The van der Waals surface area contributed by atoms with Crippen molar-refractivity contribution in [2.45, 2.75) is 46.0 Å². The fraction of sp³-hybridized carbons (Fsp3) is 1.00. The molecule has 0 N–H and O–H groups in total. The Morgan fingerprint density at radius 2 is 1.08 bits per heavy atom. The second-order valence-corrected chi connectivity index (χ2v) is 5.73. The van der Waals surface area contributed by atoms with Crippen LogP contribution in [0.3, 0.4) is 0 Å². The third-order valence-electron chi connectivity index (χ3n) is 1.77. The molecular weight excluding hydrogens is 196 g/mol. The molecule has 0 heterocycles. The molecule has 0 aromatic heterocycles. The molecule has 0 aromatic carbocycles. The maximum Gasteiger partial charge on any atom is -0.00675 e. The summed E-state index contributed by atoms with van der Waals surface area (Å²) in [7, 11) is 0. The minimum absolute atomic E-state index is 1.33. The Kier molecular flexibility index (Phi) is 13.4. The Labute approximate surface area is 92.6 Å². The minimum atomic E-state index is 1.33. The summed E-state index contributed by atoms with van der Waals surface area (Å²) in [5, 5.41) is 0. The smallest absolute Gasteiger partial charge is 0.00675 e. The molecule has 80 valence electrons. The summed E-state index contributed by atoms with van der Waals surface area (Å²) in [6, 6.07) is 0. The van der Waals surface area contributed by atoms with Gasteiger partial charge in [-0.2, -0.15) is 23.5 Å². The third-order valence-corrected chi connectivity index (χ3v) is 4.32. The lowest BCUT2D eigenvalue weighted by Crippen LogP contribution is -1.86. The lowest BCUT2D eigenvalue weighted by Gasteiger charge is -2.00. The average molecular weight is 220 g/mol. The van der Waals surface area contributed by atoms with Crippen LogP contribution in [0.1, 0.15) is 46.0 Å². The summed E-state index contributed by atoms with van der Waals surface area (Å²) in [4.78, 5) is 0. The van der Waals surface area contributed by atoms with Gasteiger partial charge in [-0.15, -0.1) is 0 Å². The van der Waals surface area contributed by atoms with E-state index < -0.39 is 0 Å². The van der Waals surface area contributed by atoms with E-state index in [1.54, 1.807) is 0 Å². The molecule has 0 fully saturated rings. The number of thioether (sulfide) groups is 2. The Morgan fingerprint density at radius 3 is 1.46 bits per heavy atom. The lowest BCUT2D eigenvalue weighted by atomic mass is 10.3. The van der Waals surface area contributed by atoms with E-state index in [0.29, 0.717) is 0 Å². The quantitative estimate of drug-likeness (QED) is 0.499. The molecule has 0 amide bonds. The van der Waals surface area contributed by atoms with Gasteiger partial charge in [0.05, 0.1) is 0 Å². The summed E-state index contributed by atoms with van der Waals surface area (Å²) in [5.74, 6) is 5.47. The summed E-state index contributed by atoms with van der Waals surface area (Å²) < 4.78 is 0. The maximum absolute atomic E-state index is 2.26. The molecule has 0 nitrogen and oxygen atoms in total. The average Bonchev–Trinajstić information content (AvgIpc) is 2.16. The van der Waals surface area contributed by atoms with Crippen LogP contribution in [0.15, 0.2) is 0 Å². The summed E-state index contributed by atoms with van der Waals surface area (Å²) in [5.41, 5.74) is 0. The predicted molar refractivity (Wildman–Crippen MR) is 69.1 cm³/mol. The van der Waals surface area contributed by atoms with Gasteiger partial charge in [-0.05, 0) is 48.7 Å². The number of unbranched alkanes of at least 4 members (excludes halogenated alkanes) is 2. The fourth-order valence-electron chi connectivity index (χ4n) is 1.08. The summed E-state index contributed by atoms with van der Waals surface area (Å²) >= 11 is 4.23. The van der Waals surface area contributed by atoms with Crippen LogP contribution in [0.25, 0.3) is 0 Å². The Morgan fingerprint density at radius 1 is 0.615 bits per heavy atom. The topological polar surface area (TPSA) is 0 Å². The highest BCUT2D eigenvalue weighted by atomic mass is 32.2. The SMILES string of the molecule is CCCSCCCCCSCCC.